The molecule has 1 aliphatic rings. The minimum absolute atomic E-state index is 0.213. The smallest absolute Gasteiger partial charge is 0.407 e. The third kappa shape index (κ3) is 5.83. The Morgan fingerprint density at radius 3 is 2.29 bits per heavy atom. The van der Waals surface area contributed by atoms with Gasteiger partial charge in [-0.1, -0.05) is 6.07 Å². The summed E-state index contributed by atoms with van der Waals surface area (Å²) in [5.74, 6) is 0.489. The van der Waals surface area contributed by atoms with Crippen LogP contribution in [0.1, 0.15) is 38.7 Å². The first kappa shape index (κ1) is 25.8. The van der Waals surface area contributed by atoms with Gasteiger partial charge < -0.3 is 14.7 Å². The molecule has 0 radical (unpaired) electrons. The van der Waals surface area contributed by atoms with Crippen LogP contribution in [-0.2, 0) is 16.0 Å². The number of aliphatic hydroxyl groups is 1. The standard InChI is InChI=1S/C24H27F3N2O4S/c1-17(2)34(31,32)20-7-5-19(6-8-20)33-15-12-23(30)10-13-29(14-11-23)18-4-9-22(28-3)21(16-18)24(25,26)27/h4-9,16-17,30H,10-15H2,1-2H3. The molecule has 1 saturated heterocycles. The van der Waals surface area contributed by atoms with Crippen LogP contribution >= 0.6 is 0 Å². The van der Waals surface area contributed by atoms with Crippen molar-refractivity contribution < 1.29 is 31.4 Å². The van der Waals surface area contributed by atoms with Crippen molar-refractivity contribution >= 4 is 21.2 Å². The van der Waals surface area contributed by atoms with Crippen LogP contribution in [0, 0.1) is 6.57 Å². The molecule has 0 aliphatic carbocycles. The summed E-state index contributed by atoms with van der Waals surface area (Å²) in [6.45, 7) is 11.1. The van der Waals surface area contributed by atoms with Crippen LogP contribution in [0.3, 0.4) is 0 Å². The lowest BCUT2D eigenvalue weighted by Gasteiger charge is -2.39. The van der Waals surface area contributed by atoms with Crippen molar-refractivity contribution in [1.29, 1.82) is 0 Å². The monoisotopic (exact) mass is 496 g/mol. The van der Waals surface area contributed by atoms with Crippen LogP contribution < -0.4 is 9.64 Å². The molecule has 0 spiro atoms. The second-order valence-electron chi connectivity index (χ2n) is 8.69. The first-order valence-corrected chi connectivity index (χ1v) is 12.4. The van der Waals surface area contributed by atoms with Gasteiger partial charge in [0.15, 0.2) is 15.5 Å². The Labute approximate surface area is 197 Å². The van der Waals surface area contributed by atoms with Crippen LogP contribution in [0.15, 0.2) is 47.4 Å². The van der Waals surface area contributed by atoms with E-state index in [1.807, 2.05) is 0 Å². The Hall–Kier alpha value is -2.77. The maximum absolute atomic E-state index is 13.3. The molecule has 3 rings (SSSR count). The van der Waals surface area contributed by atoms with Gasteiger partial charge in [0.1, 0.15) is 5.75 Å². The van der Waals surface area contributed by atoms with Crippen LogP contribution in [0.5, 0.6) is 5.75 Å². The lowest BCUT2D eigenvalue weighted by atomic mass is 9.88. The Kier molecular flexibility index (Phi) is 7.48. The van der Waals surface area contributed by atoms with Gasteiger partial charge >= 0.3 is 6.18 Å². The van der Waals surface area contributed by atoms with Crippen LogP contribution in [0.4, 0.5) is 24.5 Å². The third-order valence-electron chi connectivity index (χ3n) is 6.07. The van der Waals surface area contributed by atoms with E-state index in [0.29, 0.717) is 43.8 Å². The number of nitrogens with zero attached hydrogens (tertiary/aromatic N) is 2. The minimum atomic E-state index is -4.61. The Balaban J connectivity index is 1.56. The van der Waals surface area contributed by atoms with E-state index in [-0.39, 0.29) is 11.5 Å². The zero-order valence-electron chi connectivity index (χ0n) is 19.0. The molecular weight excluding hydrogens is 469 g/mol. The molecule has 2 aromatic carbocycles. The van der Waals surface area contributed by atoms with E-state index in [2.05, 4.69) is 4.85 Å². The van der Waals surface area contributed by atoms with Crippen molar-refractivity contribution in [2.24, 2.45) is 0 Å². The fourth-order valence-electron chi connectivity index (χ4n) is 3.83. The second kappa shape index (κ2) is 9.84. The van der Waals surface area contributed by atoms with Gasteiger partial charge in [-0.3, -0.25) is 0 Å². The highest BCUT2D eigenvalue weighted by atomic mass is 32.2. The zero-order valence-corrected chi connectivity index (χ0v) is 19.8. The SMILES string of the molecule is [C-]#[N+]c1ccc(N2CCC(O)(CCOc3ccc(S(=O)(=O)C(C)C)cc3)CC2)cc1C(F)(F)F. The number of rotatable bonds is 7. The average Bonchev–Trinajstić information content (AvgIpc) is 2.79. The van der Waals surface area contributed by atoms with Gasteiger partial charge in [0.2, 0.25) is 0 Å². The summed E-state index contributed by atoms with van der Waals surface area (Å²) in [7, 11) is -3.36. The summed E-state index contributed by atoms with van der Waals surface area (Å²) in [5.41, 5.74) is -2.03. The Bertz CT molecular complexity index is 1150. The van der Waals surface area contributed by atoms with E-state index in [4.69, 9.17) is 11.3 Å². The molecule has 0 unspecified atom stereocenters. The molecule has 34 heavy (non-hydrogen) atoms. The lowest BCUT2D eigenvalue weighted by Crippen LogP contribution is -2.45. The molecule has 1 N–H and O–H groups in total. The predicted octanol–water partition coefficient (Wildman–Crippen LogP) is 5.24. The highest BCUT2D eigenvalue weighted by Gasteiger charge is 2.36. The van der Waals surface area contributed by atoms with E-state index in [1.165, 1.54) is 24.3 Å². The van der Waals surface area contributed by atoms with E-state index in [0.717, 1.165) is 6.07 Å². The number of ether oxygens (including phenoxy) is 1. The first-order valence-electron chi connectivity index (χ1n) is 10.9. The predicted molar refractivity (Wildman–Crippen MR) is 123 cm³/mol. The molecule has 2 aromatic rings. The average molecular weight is 497 g/mol. The topological polar surface area (TPSA) is 71.2 Å². The maximum Gasteiger partial charge on any atom is 0.407 e. The third-order valence-corrected chi connectivity index (χ3v) is 8.24. The van der Waals surface area contributed by atoms with Gasteiger partial charge in [0, 0.05) is 25.2 Å². The van der Waals surface area contributed by atoms with E-state index >= 15 is 0 Å². The van der Waals surface area contributed by atoms with E-state index in [9.17, 15) is 26.7 Å². The highest BCUT2D eigenvalue weighted by Crippen LogP contribution is 2.39. The molecule has 1 fully saturated rings. The maximum atomic E-state index is 13.3. The van der Waals surface area contributed by atoms with Crippen molar-refractivity contribution in [3.05, 3.63) is 59.4 Å². The van der Waals surface area contributed by atoms with Crippen molar-refractivity contribution in [3.63, 3.8) is 0 Å². The van der Waals surface area contributed by atoms with E-state index in [1.54, 1.807) is 30.9 Å². The summed E-state index contributed by atoms with van der Waals surface area (Å²) in [4.78, 5) is 4.95. The summed E-state index contributed by atoms with van der Waals surface area (Å²) in [6, 6.07) is 9.80. The molecule has 1 heterocycles. The van der Waals surface area contributed by atoms with Gasteiger partial charge in [0.05, 0.1) is 34.5 Å². The minimum Gasteiger partial charge on any atom is -0.493 e. The summed E-state index contributed by atoms with van der Waals surface area (Å²) < 4.78 is 69.8. The zero-order chi connectivity index (χ0) is 25.1. The number of piperidine rings is 1. The van der Waals surface area contributed by atoms with Crippen LogP contribution in [0.2, 0.25) is 0 Å². The highest BCUT2D eigenvalue weighted by molar-refractivity contribution is 7.92. The molecular formula is C24H27F3N2O4S. The number of anilines is 1. The Morgan fingerprint density at radius 2 is 1.76 bits per heavy atom. The molecule has 0 saturated carbocycles. The van der Waals surface area contributed by atoms with Gasteiger partial charge in [-0.15, -0.1) is 0 Å². The molecule has 10 heteroatoms. The molecule has 0 amide bonds. The van der Waals surface area contributed by atoms with Gasteiger partial charge in [-0.25, -0.2) is 13.3 Å². The van der Waals surface area contributed by atoms with Crippen LogP contribution in [-0.4, -0.2) is 44.1 Å². The van der Waals surface area contributed by atoms with Gasteiger partial charge in [-0.05, 0) is 63.1 Å². The van der Waals surface area contributed by atoms with Gasteiger partial charge in [-0.2, -0.15) is 13.2 Å². The van der Waals surface area contributed by atoms with Crippen molar-refractivity contribution in [3.8, 4) is 5.75 Å². The summed E-state index contributed by atoms with van der Waals surface area (Å²) >= 11 is 0. The second-order valence-corrected chi connectivity index (χ2v) is 11.2. The largest absolute Gasteiger partial charge is 0.493 e. The number of hydrogen-bond acceptors (Lipinski definition) is 5. The quantitative estimate of drug-likeness (QED) is 0.531. The van der Waals surface area contributed by atoms with Gasteiger partial charge in [0.25, 0.3) is 0 Å². The first-order chi connectivity index (χ1) is 15.9. The molecule has 0 aromatic heterocycles. The number of halogens is 3. The summed E-state index contributed by atoms with van der Waals surface area (Å²) in [6.07, 6.45) is -3.57. The lowest BCUT2D eigenvalue weighted by molar-refractivity contribution is -0.136. The summed E-state index contributed by atoms with van der Waals surface area (Å²) in [5, 5.41) is 10.4. The van der Waals surface area contributed by atoms with Crippen LogP contribution in [0.25, 0.3) is 4.85 Å². The molecule has 0 bridgehead atoms. The number of alkyl halides is 3. The molecule has 1 aliphatic heterocycles. The van der Waals surface area contributed by atoms with E-state index < -0.39 is 38.1 Å². The van der Waals surface area contributed by atoms with Crippen molar-refractivity contribution in [2.45, 2.75) is 55.0 Å². The fraction of sp³-hybridized carbons (Fsp3) is 0.458. The normalized spacial score (nSPS) is 16.4. The number of hydrogen-bond donors (Lipinski definition) is 1. The number of sulfone groups is 1. The Morgan fingerprint density at radius 1 is 1.15 bits per heavy atom. The fourth-order valence-corrected chi connectivity index (χ4v) is 4.89. The molecule has 6 nitrogen and oxygen atoms in total. The molecule has 0 atom stereocenters. The van der Waals surface area contributed by atoms with Crippen molar-refractivity contribution in [2.75, 3.05) is 24.6 Å². The molecule has 184 valence electrons. The van der Waals surface area contributed by atoms with Crippen molar-refractivity contribution in [1.82, 2.24) is 0 Å². The number of benzene rings is 2.